The van der Waals surface area contributed by atoms with Crippen molar-refractivity contribution in [3.8, 4) is 0 Å². The highest BCUT2D eigenvalue weighted by molar-refractivity contribution is 7.89. The van der Waals surface area contributed by atoms with Crippen LogP contribution >= 0.6 is 0 Å². The lowest BCUT2D eigenvalue weighted by Crippen LogP contribution is -2.54. The Morgan fingerprint density at radius 3 is 2.32 bits per heavy atom. The number of nitrogens with two attached hydrogens (primary N) is 1. The first-order valence-electron chi connectivity index (χ1n) is 11.2. The summed E-state index contributed by atoms with van der Waals surface area (Å²) in [5.41, 5.74) is 7.66. The average Bonchev–Trinajstić information content (AvgIpc) is 2.87. The minimum absolute atomic E-state index is 0.0182. The lowest BCUT2D eigenvalue weighted by Gasteiger charge is -2.35. The molecule has 13 nitrogen and oxygen atoms in total. The Hall–Kier alpha value is -4.17. The van der Waals surface area contributed by atoms with Gasteiger partial charge in [0.25, 0.3) is 0 Å². The molecule has 6 N–H and O–H groups in total. The van der Waals surface area contributed by atoms with Crippen LogP contribution in [0.3, 0.4) is 0 Å². The Morgan fingerprint density at radius 2 is 1.76 bits per heavy atom. The van der Waals surface area contributed by atoms with Gasteiger partial charge < -0.3 is 31.2 Å². The van der Waals surface area contributed by atoms with E-state index in [4.69, 9.17) is 10.9 Å². The smallest absolute Gasteiger partial charge is 0.323 e. The number of carbonyl (C=O) groups is 3. The molecule has 2 aromatic carbocycles. The van der Waals surface area contributed by atoms with Gasteiger partial charge in [-0.3, -0.25) is 14.4 Å². The predicted molar refractivity (Wildman–Crippen MR) is 134 cm³/mol. The quantitative estimate of drug-likeness (QED) is 0.114. The van der Waals surface area contributed by atoms with Gasteiger partial charge in [-0.25, -0.2) is 8.42 Å². The van der Waals surface area contributed by atoms with Crippen molar-refractivity contribution in [2.75, 3.05) is 37.6 Å². The van der Waals surface area contributed by atoms with E-state index < -0.39 is 34.5 Å². The van der Waals surface area contributed by atoms with Crippen LogP contribution in [0.5, 0.6) is 0 Å². The number of carboxylic acids is 1. The zero-order chi connectivity index (χ0) is 27.2. The van der Waals surface area contributed by atoms with E-state index in [-0.39, 0.29) is 36.3 Å². The number of rotatable bonds is 10. The highest BCUT2D eigenvalue weighted by Crippen LogP contribution is 2.18. The number of carbonyl (C=O) groups excluding carboxylic acids is 2. The normalized spacial score (nSPS) is 15.4. The average molecular weight is 533 g/mol. The van der Waals surface area contributed by atoms with E-state index in [0.717, 1.165) is 11.3 Å². The van der Waals surface area contributed by atoms with Crippen molar-refractivity contribution in [3.05, 3.63) is 59.7 Å². The van der Waals surface area contributed by atoms with E-state index in [0.29, 0.717) is 12.1 Å². The minimum Gasteiger partial charge on any atom is -0.480 e. The van der Waals surface area contributed by atoms with E-state index >= 15 is 0 Å². The first kappa shape index (κ1) is 27.4. The van der Waals surface area contributed by atoms with Crippen molar-refractivity contribution < 1.29 is 33.1 Å². The molecule has 37 heavy (non-hydrogen) atoms. The number of hydrogen-bond acceptors (Lipinski definition) is 8. The van der Waals surface area contributed by atoms with E-state index in [1.165, 1.54) is 17.0 Å². The van der Waals surface area contributed by atoms with Crippen LogP contribution in [0, 0.1) is 6.92 Å². The molecule has 1 aliphatic heterocycles. The van der Waals surface area contributed by atoms with Gasteiger partial charge in [-0.2, -0.15) is 4.72 Å². The van der Waals surface area contributed by atoms with Crippen LogP contribution in [0.4, 0.5) is 5.69 Å². The second kappa shape index (κ2) is 11.7. The molecule has 14 heteroatoms. The van der Waals surface area contributed by atoms with Gasteiger partial charge in [0.15, 0.2) is 5.84 Å². The molecule has 0 aliphatic carbocycles. The number of piperazine rings is 1. The molecule has 1 heterocycles. The standard InChI is InChI=1S/C23H28N6O7S/c1-15-2-8-18(9-3-15)37(35,36)27-19(23(32)33)12-25-20(30)13-29-11-10-28(14-21(29)31)17-6-4-16(5-7-17)22(24)26-34/h2-9,19,27,34H,10-14H2,1H3,(H2,24,26)(H,25,30)(H,32,33)/t19-/m0/s1. The molecule has 0 radical (unpaired) electrons. The van der Waals surface area contributed by atoms with E-state index in [2.05, 4.69) is 15.2 Å². The fourth-order valence-electron chi connectivity index (χ4n) is 3.59. The molecule has 0 unspecified atom stereocenters. The molecule has 3 rings (SSSR count). The summed E-state index contributed by atoms with van der Waals surface area (Å²) in [6.45, 7) is 1.69. The highest BCUT2D eigenvalue weighted by atomic mass is 32.2. The molecule has 1 aliphatic rings. The van der Waals surface area contributed by atoms with Crippen molar-refractivity contribution in [1.29, 1.82) is 0 Å². The summed E-state index contributed by atoms with van der Waals surface area (Å²) >= 11 is 0. The van der Waals surface area contributed by atoms with Gasteiger partial charge >= 0.3 is 5.97 Å². The van der Waals surface area contributed by atoms with Crippen molar-refractivity contribution >= 4 is 39.3 Å². The molecular formula is C23H28N6O7S. The van der Waals surface area contributed by atoms with Crippen molar-refractivity contribution in [1.82, 2.24) is 14.9 Å². The second-order valence-corrected chi connectivity index (χ2v) is 10.1. The number of sulfonamides is 1. The summed E-state index contributed by atoms with van der Waals surface area (Å²) in [4.78, 5) is 39.6. The summed E-state index contributed by atoms with van der Waals surface area (Å²) < 4.78 is 27.1. The largest absolute Gasteiger partial charge is 0.480 e. The molecule has 0 bridgehead atoms. The van der Waals surface area contributed by atoms with Crippen LogP contribution in [0.15, 0.2) is 58.6 Å². The zero-order valence-corrected chi connectivity index (χ0v) is 20.8. The number of hydrogen-bond donors (Lipinski definition) is 5. The molecule has 0 spiro atoms. The number of benzene rings is 2. The number of oxime groups is 1. The third-order valence-corrected chi connectivity index (χ3v) is 7.21. The molecule has 1 fully saturated rings. The molecule has 198 valence electrons. The van der Waals surface area contributed by atoms with E-state index in [9.17, 15) is 27.9 Å². The Bertz CT molecular complexity index is 1280. The maximum atomic E-state index is 12.6. The maximum absolute atomic E-state index is 12.6. The summed E-state index contributed by atoms with van der Waals surface area (Å²) in [5.74, 6) is -2.42. The number of anilines is 1. The van der Waals surface area contributed by atoms with Crippen molar-refractivity contribution in [2.24, 2.45) is 10.9 Å². The second-order valence-electron chi connectivity index (χ2n) is 8.40. The molecule has 1 saturated heterocycles. The molecule has 2 amide bonds. The molecule has 0 aromatic heterocycles. The lowest BCUT2D eigenvalue weighted by atomic mass is 10.1. The monoisotopic (exact) mass is 532 g/mol. The molecule has 1 atom stereocenters. The number of aryl methyl sites for hydroxylation is 1. The number of nitrogens with one attached hydrogen (secondary N) is 2. The summed E-state index contributed by atoms with van der Waals surface area (Å²) in [5, 5.41) is 23.5. The fourth-order valence-corrected chi connectivity index (χ4v) is 4.78. The van der Waals surface area contributed by atoms with E-state index in [1.54, 1.807) is 43.3 Å². The van der Waals surface area contributed by atoms with Gasteiger partial charge in [-0.1, -0.05) is 22.9 Å². The number of nitrogens with zero attached hydrogens (tertiary/aromatic N) is 3. The Morgan fingerprint density at radius 1 is 1.11 bits per heavy atom. The maximum Gasteiger partial charge on any atom is 0.323 e. The predicted octanol–water partition coefficient (Wildman–Crippen LogP) is -0.714. The van der Waals surface area contributed by atoms with Crippen LogP contribution in [0.1, 0.15) is 11.1 Å². The van der Waals surface area contributed by atoms with E-state index in [1.807, 2.05) is 4.90 Å². The number of amidine groups is 1. The van der Waals surface area contributed by atoms with Crippen molar-refractivity contribution in [3.63, 3.8) is 0 Å². The summed E-state index contributed by atoms with van der Waals surface area (Å²) in [6, 6.07) is 11.0. The van der Waals surface area contributed by atoms with Crippen LogP contribution < -0.4 is 20.7 Å². The van der Waals surface area contributed by atoms with Gasteiger partial charge in [0.2, 0.25) is 21.8 Å². The van der Waals surface area contributed by atoms with Gasteiger partial charge in [-0.05, 0) is 43.3 Å². The Kier molecular flexibility index (Phi) is 8.68. The van der Waals surface area contributed by atoms with Gasteiger partial charge in [-0.15, -0.1) is 0 Å². The van der Waals surface area contributed by atoms with Crippen LogP contribution in [0.25, 0.3) is 0 Å². The third-order valence-electron chi connectivity index (χ3n) is 5.72. The van der Waals surface area contributed by atoms with Crippen molar-refractivity contribution in [2.45, 2.75) is 17.9 Å². The van der Waals surface area contributed by atoms with Crippen LogP contribution in [0.2, 0.25) is 0 Å². The lowest BCUT2D eigenvalue weighted by molar-refractivity contribution is -0.139. The Labute approximate surface area is 213 Å². The topological polar surface area (TPSA) is 195 Å². The zero-order valence-electron chi connectivity index (χ0n) is 20.0. The van der Waals surface area contributed by atoms with Gasteiger partial charge in [0.1, 0.15) is 6.04 Å². The first-order chi connectivity index (χ1) is 17.5. The third kappa shape index (κ3) is 7.17. The Balaban J connectivity index is 1.52. The molecule has 0 saturated carbocycles. The first-order valence-corrected chi connectivity index (χ1v) is 12.7. The SMILES string of the molecule is Cc1ccc(S(=O)(=O)N[C@@H](CNC(=O)CN2CCN(c3ccc(/C(N)=N\O)cc3)CC2=O)C(=O)O)cc1. The minimum atomic E-state index is -4.12. The summed E-state index contributed by atoms with van der Waals surface area (Å²) in [6.07, 6.45) is 0. The highest BCUT2D eigenvalue weighted by Gasteiger charge is 2.28. The van der Waals surface area contributed by atoms with Gasteiger partial charge in [0, 0.05) is 30.9 Å². The summed E-state index contributed by atoms with van der Waals surface area (Å²) in [7, 11) is -4.12. The van der Waals surface area contributed by atoms with Gasteiger partial charge in [0.05, 0.1) is 18.0 Å². The van der Waals surface area contributed by atoms with Crippen LogP contribution in [-0.2, 0) is 24.4 Å². The number of carboxylic acid groups (broad SMARTS) is 1. The number of amides is 2. The molecule has 2 aromatic rings. The van der Waals surface area contributed by atoms with Crippen LogP contribution in [-0.4, -0.2) is 86.0 Å². The number of aliphatic carboxylic acids is 1. The molecular weight excluding hydrogens is 504 g/mol. The fraction of sp³-hybridized carbons (Fsp3) is 0.304.